The van der Waals surface area contributed by atoms with Crippen molar-refractivity contribution in [3.8, 4) is 0 Å². The summed E-state index contributed by atoms with van der Waals surface area (Å²) >= 11 is 4.74. The summed E-state index contributed by atoms with van der Waals surface area (Å²) in [6, 6.07) is 0. The summed E-state index contributed by atoms with van der Waals surface area (Å²) < 4.78 is 0.207. The van der Waals surface area contributed by atoms with Crippen molar-refractivity contribution in [2.24, 2.45) is 11.8 Å². The van der Waals surface area contributed by atoms with E-state index in [-0.39, 0.29) is 10.3 Å². The number of hydrogen-bond donors (Lipinski definition) is 2. The van der Waals surface area contributed by atoms with E-state index >= 15 is 0 Å². The lowest BCUT2D eigenvalue weighted by molar-refractivity contribution is -0.113. The quantitative estimate of drug-likeness (QED) is 0.552. The lowest BCUT2D eigenvalue weighted by atomic mass is 9.54. The van der Waals surface area contributed by atoms with Gasteiger partial charge in [0.25, 0.3) is 0 Å². The van der Waals surface area contributed by atoms with Gasteiger partial charge in [-0.2, -0.15) is 12.6 Å². The average Bonchev–Trinajstić information content (AvgIpc) is 1.75. The molecule has 0 saturated heterocycles. The fourth-order valence-corrected chi connectivity index (χ4v) is 4.98. The second kappa shape index (κ2) is 2.03. The maximum absolute atomic E-state index is 10.2. The lowest BCUT2D eigenvalue weighted by Gasteiger charge is -2.58. The molecule has 0 radical (unpaired) electrons. The molecule has 0 amide bonds. The third-order valence-electron chi connectivity index (χ3n) is 4.00. The molecule has 4 aliphatic carbocycles. The maximum atomic E-state index is 10.2. The molecule has 0 aromatic heterocycles. The summed E-state index contributed by atoms with van der Waals surface area (Å²) in [7, 11) is 0. The Bertz CT molecular complexity index is 192. The van der Waals surface area contributed by atoms with E-state index in [4.69, 9.17) is 12.6 Å². The van der Waals surface area contributed by atoms with Crippen LogP contribution in [0.4, 0.5) is 0 Å². The SMILES string of the molecule is OC12C[C@H]3C[C@@H](C1)CC(S)(C3)C2. The predicted octanol–water partition coefficient (Wildman–Crippen LogP) is 2.00. The Morgan fingerprint density at radius 3 is 2.08 bits per heavy atom. The second-order valence-electron chi connectivity index (χ2n) is 5.41. The van der Waals surface area contributed by atoms with Crippen molar-refractivity contribution in [3.63, 3.8) is 0 Å². The van der Waals surface area contributed by atoms with Crippen LogP contribution in [0.15, 0.2) is 0 Å². The molecule has 0 aromatic rings. The first-order valence-corrected chi connectivity index (χ1v) is 5.47. The zero-order valence-corrected chi connectivity index (χ0v) is 8.19. The number of thiol groups is 1. The molecule has 0 spiro atoms. The van der Waals surface area contributed by atoms with Gasteiger partial charge in [-0.15, -0.1) is 0 Å². The van der Waals surface area contributed by atoms with Crippen molar-refractivity contribution in [2.75, 3.05) is 0 Å². The molecule has 4 atom stereocenters. The summed E-state index contributed by atoms with van der Waals surface area (Å²) in [5.74, 6) is 1.57. The van der Waals surface area contributed by atoms with Crippen LogP contribution in [0.25, 0.3) is 0 Å². The van der Waals surface area contributed by atoms with Crippen molar-refractivity contribution in [1.29, 1.82) is 0 Å². The largest absolute Gasteiger partial charge is 0.390 e. The molecule has 4 saturated carbocycles. The Hall–Kier alpha value is 0.310. The summed E-state index contributed by atoms with van der Waals surface area (Å²) in [5.41, 5.74) is -0.314. The van der Waals surface area contributed by atoms with Crippen LogP contribution in [0.5, 0.6) is 0 Å². The third kappa shape index (κ3) is 0.973. The topological polar surface area (TPSA) is 20.2 Å². The van der Waals surface area contributed by atoms with E-state index < -0.39 is 0 Å². The molecule has 0 heterocycles. The van der Waals surface area contributed by atoms with Gasteiger partial charge in [0, 0.05) is 4.75 Å². The molecule has 4 rings (SSSR count). The van der Waals surface area contributed by atoms with Gasteiger partial charge >= 0.3 is 0 Å². The first-order valence-electron chi connectivity index (χ1n) is 5.02. The van der Waals surface area contributed by atoms with E-state index in [9.17, 15) is 5.11 Å². The highest BCUT2D eigenvalue weighted by atomic mass is 32.1. The molecule has 1 nitrogen and oxygen atoms in total. The van der Waals surface area contributed by atoms with Gasteiger partial charge in [-0.1, -0.05) is 0 Å². The normalized spacial score (nSPS) is 62.5. The zero-order valence-electron chi connectivity index (χ0n) is 7.29. The number of rotatable bonds is 0. The molecular weight excluding hydrogens is 168 g/mol. The minimum atomic E-state index is -0.314. The molecule has 0 aliphatic heterocycles. The van der Waals surface area contributed by atoms with E-state index in [1.165, 1.54) is 19.3 Å². The fraction of sp³-hybridized carbons (Fsp3) is 1.00. The standard InChI is InChI=1S/C10H16OS/c11-9-2-7-1-8(3-9)5-10(12,4-7)6-9/h7-8,11-12H,1-6H2/t7-,8+,9?,10?. The van der Waals surface area contributed by atoms with Crippen LogP contribution in [-0.4, -0.2) is 15.5 Å². The van der Waals surface area contributed by atoms with Gasteiger partial charge in [-0.3, -0.25) is 0 Å². The van der Waals surface area contributed by atoms with Crippen molar-refractivity contribution in [3.05, 3.63) is 0 Å². The van der Waals surface area contributed by atoms with Crippen molar-refractivity contribution in [2.45, 2.75) is 48.9 Å². The molecule has 68 valence electrons. The Balaban J connectivity index is 1.98. The van der Waals surface area contributed by atoms with E-state index in [1.54, 1.807) is 0 Å². The first-order chi connectivity index (χ1) is 5.57. The Morgan fingerprint density at radius 1 is 1.08 bits per heavy atom. The van der Waals surface area contributed by atoms with Crippen LogP contribution < -0.4 is 0 Å². The van der Waals surface area contributed by atoms with E-state index in [2.05, 4.69) is 0 Å². The highest BCUT2D eigenvalue weighted by molar-refractivity contribution is 7.81. The molecule has 2 heteroatoms. The van der Waals surface area contributed by atoms with Gasteiger partial charge in [-0.25, -0.2) is 0 Å². The highest BCUT2D eigenvalue weighted by Crippen LogP contribution is 2.59. The van der Waals surface area contributed by atoms with Gasteiger partial charge in [-0.05, 0) is 50.4 Å². The molecule has 4 fully saturated rings. The van der Waals surface area contributed by atoms with E-state index in [1.807, 2.05) is 0 Å². The summed E-state index contributed by atoms with van der Waals surface area (Å²) in [4.78, 5) is 0. The molecule has 12 heavy (non-hydrogen) atoms. The molecule has 2 unspecified atom stereocenters. The highest BCUT2D eigenvalue weighted by Gasteiger charge is 2.55. The third-order valence-corrected chi connectivity index (χ3v) is 4.52. The summed E-state index contributed by atoms with van der Waals surface area (Å²) in [6.45, 7) is 0. The predicted molar refractivity (Wildman–Crippen MR) is 51.3 cm³/mol. The molecule has 4 bridgehead atoms. The second-order valence-corrected chi connectivity index (χ2v) is 6.36. The van der Waals surface area contributed by atoms with Crippen LogP contribution in [0, 0.1) is 11.8 Å². The minimum absolute atomic E-state index is 0.207. The van der Waals surface area contributed by atoms with Crippen molar-refractivity contribution >= 4 is 12.6 Å². The first kappa shape index (κ1) is 7.69. The smallest absolute Gasteiger partial charge is 0.0666 e. The van der Waals surface area contributed by atoms with Crippen LogP contribution >= 0.6 is 12.6 Å². The van der Waals surface area contributed by atoms with Crippen LogP contribution in [0.1, 0.15) is 38.5 Å². The van der Waals surface area contributed by atoms with Crippen molar-refractivity contribution < 1.29 is 5.11 Å². The Labute approximate surface area is 79.0 Å². The van der Waals surface area contributed by atoms with E-state index in [0.717, 1.165) is 31.1 Å². The number of aliphatic hydroxyl groups is 1. The number of hydrogen-bond acceptors (Lipinski definition) is 2. The summed E-state index contributed by atoms with van der Waals surface area (Å²) in [6.07, 6.45) is 6.96. The monoisotopic (exact) mass is 184 g/mol. The molecular formula is C10H16OS. The van der Waals surface area contributed by atoms with E-state index in [0.29, 0.717) is 0 Å². The maximum Gasteiger partial charge on any atom is 0.0666 e. The van der Waals surface area contributed by atoms with Crippen molar-refractivity contribution in [1.82, 2.24) is 0 Å². The van der Waals surface area contributed by atoms with Gasteiger partial charge in [0.15, 0.2) is 0 Å². The molecule has 1 N–H and O–H groups in total. The van der Waals surface area contributed by atoms with Crippen LogP contribution in [0.2, 0.25) is 0 Å². The lowest BCUT2D eigenvalue weighted by Crippen LogP contribution is -2.56. The minimum Gasteiger partial charge on any atom is -0.390 e. The fourth-order valence-electron chi connectivity index (χ4n) is 4.17. The Morgan fingerprint density at radius 2 is 1.67 bits per heavy atom. The molecule has 4 aliphatic rings. The van der Waals surface area contributed by atoms with Crippen LogP contribution in [0.3, 0.4) is 0 Å². The summed E-state index contributed by atoms with van der Waals surface area (Å²) in [5, 5.41) is 10.2. The average molecular weight is 184 g/mol. The Kier molecular flexibility index (Phi) is 1.30. The van der Waals surface area contributed by atoms with Gasteiger partial charge in [0.1, 0.15) is 0 Å². The van der Waals surface area contributed by atoms with Gasteiger partial charge in [0.2, 0.25) is 0 Å². The van der Waals surface area contributed by atoms with Crippen LogP contribution in [-0.2, 0) is 0 Å². The zero-order chi connectivity index (χ0) is 8.40. The molecule has 0 aromatic carbocycles. The van der Waals surface area contributed by atoms with Gasteiger partial charge in [0.05, 0.1) is 5.60 Å². The van der Waals surface area contributed by atoms with Gasteiger partial charge < -0.3 is 5.11 Å².